The smallest absolute Gasteiger partial charge is 0.254 e. The summed E-state index contributed by atoms with van der Waals surface area (Å²) in [6.07, 6.45) is 2.28. The van der Waals surface area contributed by atoms with E-state index in [4.69, 9.17) is 5.73 Å². The fraction of sp³-hybridized carbons (Fsp3) is 0.462. The first kappa shape index (κ1) is 15.3. The zero-order valence-corrected chi connectivity index (χ0v) is 11.3. The Bertz CT molecular complexity index is 545. The molecule has 0 aliphatic carbocycles. The third kappa shape index (κ3) is 3.94. The van der Waals surface area contributed by atoms with Crippen LogP contribution in [0.1, 0.15) is 23.2 Å². The molecule has 2 amide bonds. The third-order valence-corrected chi connectivity index (χ3v) is 3.39. The maximum atomic E-state index is 13.5. The molecule has 1 aliphatic rings. The van der Waals surface area contributed by atoms with Crippen LogP contribution in [0.25, 0.3) is 0 Å². The van der Waals surface area contributed by atoms with Gasteiger partial charge < -0.3 is 11.1 Å². The number of halogens is 2. The summed E-state index contributed by atoms with van der Waals surface area (Å²) in [6.45, 7) is 1.41. The number of nitrogens with one attached hydrogen (secondary N) is 1. The summed E-state index contributed by atoms with van der Waals surface area (Å²) in [4.78, 5) is 27.7. The van der Waals surface area contributed by atoms with Crippen molar-refractivity contribution >= 4 is 11.8 Å². The number of pyridine rings is 1. The van der Waals surface area contributed by atoms with Crippen molar-refractivity contribution in [1.82, 2.24) is 15.2 Å². The molecular formula is C13H16F2N4O2. The number of piperidine rings is 1. The fourth-order valence-corrected chi connectivity index (χ4v) is 2.31. The van der Waals surface area contributed by atoms with E-state index in [0.29, 0.717) is 25.9 Å². The van der Waals surface area contributed by atoms with Crippen molar-refractivity contribution < 1.29 is 18.4 Å². The largest absolute Gasteiger partial charge is 0.369 e. The summed E-state index contributed by atoms with van der Waals surface area (Å²) in [5, 5.41) is 2.66. The number of rotatable bonds is 4. The summed E-state index contributed by atoms with van der Waals surface area (Å²) < 4.78 is 26.4. The van der Waals surface area contributed by atoms with Crippen molar-refractivity contribution in [2.45, 2.75) is 18.9 Å². The van der Waals surface area contributed by atoms with Gasteiger partial charge in [0.05, 0.1) is 12.1 Å². The second-order valence-electron chi connectivity index (χ2n) is 4.95. The lowest BCUT2D eigenvalue weighted by atomic mass is 10.0. The monoisotopic (exact) mass is 298 g/mol. The van der Waals surface area contributed by atoms with Gasteiger partial charge in [0.1, 0.15) is 0 Å². The molecule has 0 saturated carbocycles. The van der Waals surface area contributed by atoms with Crippen molar-refractivity contribution in [3.8, 4) is 0 Å². The van der Waals surface area contributed by atoms with Crippen molar-refractivity contribution in [2.24, 2.45) is 5.73 Å². The van der Waals surface area contributed by atoms with Gasteiger partial charge in [0, 0.05) is 25.3 Å². The van der Waals surface area contributed by atoms with Gasteiger partial charge in [-0.2, -0.15) is 4.39 Å². The van der Waals surface area contributed by atoms with E-state index < -0.39 is 23.6 Å². The first-order valence-corrected chi connectivity index (χ1v) is 6.59. The molecule has 0 bridgehead atoms. The molecule has 0 unspecified atom stereocenters. The molecule has 1 fully saturated rings. The first-order valence-electron chi connectivity index (χ1n) is 6.59. The van der Waals surface area contributed by atoms with Crippen molar-refractivity contribution in [3.05, 3.63) is 29.6 Å². The molecule has 3 N–H and O–H groups in total. The molecule has 0 aromatic carbocycles. The van der Waals surface area contributed by atoms with Crippen LogP contribution < -0.4 is 11.1 Å². The zero-order chi connectivity index (χ0) is 15.4. The number of nitrogens with zero attached hydrogens (tertiary/aromatic N) is 2. The Morgan fingerprint density at radius 1 is 1.38 bits per heavy atom. The molecule has 114 valence electrons. The van der Waals surface area contributed by atoms with Crippen LogP contribution in [0.2, 0.25) is 0 Å². The molecule has 6 nitrogen and oxygen atoms in total. The van der Waals surface area contributed by atoms with Gasteiger partial charge in [-0.1, -0.05) is 0 Å². The number of likely N-dealkylation sites (tertiary alicyclic amines) is 1. The molecule has 1 aromatic rings. The molecule has 0 atom stereocenters. The Hall–Kier alpha value is -2.09. The van der Waals surface area contributed by atoms with Crippen LogP contribution in [0.4, 0.5) is 8.78 Å². The van der Waals surface area contributed by atoms with E-state index in [0.717, 1.165) is 12.3 Å². The first-order chi connectivity index (χ1) is 9.97. The van der Waals surface area contributed by atoms with Crippen molar-refractivity contribution in [2.75, 3.05) is 19.6 Å². The summed E-state index contributed by atoms with van der Waals surface area (Å²) in [7, 11) is 0. The molecule has 0 spiro atoms. The number of aromatic nitrogens is 1. The second kappa shape index (κ2) is 6.57. The Kier molecular flexibility index (Phi) is 4.79. The molecule has 1 saturated heterocycles. The van der Waals surface area contributed by atoms with Gasteiger partial charge >= 0.3 is 0 Å². The third-order valence-electron chi connectivity index (χ3n) is 3.39. The van der Waals surface area contributed by atoms with Gasteiger partial charge in [0.25, 0.3) is 5.91 Å². The highest BCUT2D eigenvalue weighted by Crippen LogP contribution is 2.13. The van der Waals surface area contributed by atoms with Crippen LogP contribution in [-0.2, 0) is 4.79 Å². The summed E-state index contributed by atoms with van der Waals surface area (Å²) >= 11 is 0. The van der Waals surface area contributed by atoms with Gasteiger partial charge in [-0.3, -0.25) is 14.5 Å². The minimum atomic E-state index is -1.29. The highest BCUT2D eigenvalue weighted by molar-refractivity contribution is 5.94. The Morgan fingerprint density at radius 2 is 2.05 bits per heavy atom. The number of carbonyl (C=O) groups excluding carboxylic acids is 2. The average molecular weight is 298 g/mol. The van der Waals surface area contributed by atoms with Crippen molar-refractivity contribution in [1.29, 1.82) is 0 Å². The van der Waals surface area contributed by atoms with Gasteiger partial charge in [0.15, 0.2) is 5.82 Å². The quantitative estimate of drug-likeness (QED) is 0.768. The maximum absolute atomic E-state index is 13.5. The number of nitrogens with two attached hydrogens (primary N) is 1. The maximum Gasteiger partial charge on any atom is 0.254 e. The Balaban J connectivity index is 1.90. The van der Waals surface area contributed by atoms with E-state index in [-0.39, 0.29) is 18.2 Å². The van der Waals surface area contributed by atoms with Gasteiger partial charge in [-0.25, -0.2) is 9.37 Å². The number of hydrogen-bond acceptors (Lipinski definition) is 4. The normalized spacial score (nSPS) is 16.7. The molecule has 8 heteroatoms. The Labute approximate surface area is 120 Å². The van der Waals surface area contributed by atoms with E-state index in [2.05, 4.69) is 10.3 Å². The predicted octanol–water partition coefficient (Wildman–Crippen LogP) is 0.0393. The minimum absolute atomic E-state index is 0.141. The van der Waals surface area contributed by atoms with Crippen LogP contribution in [0, 0.1) is 11.8 Å². The highest BCUT2D eigenvalue weighted by atomic mass is 19.2. The lowest BCUT2D eigenvalue weighted by molar-refractivity contribution is -0.119. The topological polar surface area (TPSA) is 88.3 Å². The molecule has 2 rings (SSSR count). The van der Waals surface area contributed by atoms with Gasteiger partial charge in [-0.15, -0.1) is 0 Å². The number of hydrogen-bond donors (Lipinski definition) is 2. The molecule has 1 aromatic heterocycles. The average Bonchev–Trinajstić information content (AvgIpc) is 2.43. The van der Waals surface area contributed by atoms with E-state index in [1.807, 2.05) is 4.90 Å². The minimum Gasteiger partial charge on any atom is -0.369 e. The lowest BCUT2D eigenvalue weighted by Crippen LogP contribution is -2.46. The predicted molar refractivity (Wildman–Crippen MR) is 70.3 cm³/mol. The molecule has 21 heavy (non-hydrogen) atoms. The van der Waals surface area contributed by atoms with Crippen LogP contribution in [0.3, 0.4) is 0 Å². The molecule has 1 aliphatic heterocycles. The van der Waals surface area contributed by atoms with Crippen molar-refractivity contribution in [3.63, 3.8) is 0 Å². The SMILES string of the molecule is NC(=O)CN1CCC(NC(=O)c2ccnc(F)c2F)CC1. The van der Waals surface area contributed by atoms with E-state index in [1.165, 1.54) is 0 Å². The highest BCUT2D eigenvalue weighted by Gasteiger charge is 2.23. The van der Waals surface area contributed by atoms with Gasteiger partial charge in [0.2, 0.25) is 11.9 Å². The lowest BCUT2D eigenvalue weighted by Gasteiger charge is -2.31. The molecule has 0 radical (unpaired) electrons. The zero-order valence-electron chi connectivity index (χ0n) is 11.3. The standard InChI is InChI=1S/C13H16F2N4O2/c14-11-9(1-4-17-12(11)15)13(21)18-8-2-5-19(6-3-8)7-10(16)20/h1,4,8H,2-3,5-7H2,(H2,16,20)(H,18,21). The van der Waals surface area contributed by atoms with E-state index in [1.54, 1.807) is 0 Å². The van der Waals surface area contributed by atoms with E-state index >= 15 is 0 Å². The van der Waals surface area contributed by atoms with E-state index in [9.17, 15) is 18.4 Å². The second-order valence-corrected chi connectivity index (χ2v) is 4.95. The fourth-order valence-electron chi connectivity index (χ4n) is 2.31. The van der Waals surface area contributed by atoms with Crippen LogP contribution in [-0.4, -0.2) is 47.4 Å². The number of primary amides is 1. The number of amides is 2. The van der Waals surface area contributed by atoms with Gasteiger partial charge in [-0.05, 0) is 18.9 Å². The molecular weight excluding hydrogens is 282 g/mol. The number of carbonyl (C=O) groups is 2. The van der Waals surface area contributed by atoms with Crippen LogP contribution in [0.5, 0.6) is 0 Å². The van der Waals surface area contributed by atoms with Crippen LogP contribution in [0.15, 0.2) is 12.3 Å². The summed E-state index contributed by atoms with van der Waals surface area (Å²) in [6, 6.07) is 0.993. The molecule has 2 heterocycles. The summed E-state index contributed by atoms with van der Waals surface area (Å²) in [5.41, 5.74) is 4.75. The Morgan fingerprint density at radius 3 is 2.67 bits per heavy atom. The summed E-state index contributed by atoms with van der Waals surface area (Å²) in [5.74, 6) is -3.60. The van der Waals surface area contributed by atoms with Crippen LogP contribution >= 0.6 is 0 Å².